The van der Waals surface area contributed by atoms with E-state index >= 15 is 0 Å². The van der Waals surface area contributed by atoms with Crippen LogP contribution in [0.1, 0.15) is 54.9 Å². The molecule has 3 heterocycles. The molecule has 1 fully saturated rings. The minimum atomic E-state index is 0.180. The van der Waals surface area contributed by atoms with E-state index < -0.39 is 0 Å². The molecule has 0 unspecified atom stereocenters. The molecule has 0 radical (unpaired) electrons. The molecule has 1 saturated heterocycles. The third kappa shape index (κ3) is 3.60. The van der Waals surface area contributed by atoms with E-state index in [1.165, 1.54) is 11.1 Å². The molecule has 5 heteroatoms. The predicted molar refractivity (Wildman–Crippen MR) is 111 cm³/mol. The van der Waals surface area contributed by atoms with Gasteiger partial charge in [-0.25, -0.2) is 0 Å². The van der Waals surface area contributed by atoms with E-state index in [-0.39, 0.29) is 5.91 Å². The molecule has 0 saturated carbocycles. The number of rotatable bonds is 4. The van der Waals surface area contributed by atoms with Gasteiger partial charge in [-0.05, 0) is 57.6 Å². The van der Waals surface area contributed by atoms with E-state index in [9.17, 15) is 4.79 Å². The normalized spacial score (nSPS) is 21.1. The molecule has 0 aliphatic carbocycles. The summed E-state index contributed by atoms with van der Waals surface area (Å²) < 4.78 is 2.21. The fourth-order valence-electron chi connectivity index (χ4n) is 4.45. The first-order valence-corrected chi connectivity index (χ1v) is 10.1. The van der Waals surface area contributed by atoms with E-state index in [0.717, 1.165) is 61.7 Å². The second-order valence-corrected chi connectivity index (χ2v) is 7.44. The van der Waals surface area contributed by atoms with Gasteiger partial charge in [0.15, 0.2) is 0 Å². The average molecular weight is 369 g/mol. The van der Waals surface area contributed by atoms with Crippen molar-refractivity contribution in [1.29, 1.82) is 0 Å². The summed E-state index contributed by atoms with van der Waals surface area (Å²) in [5, 5.41) is 3.31. The Morgan fingerprint density at radius 2 is 2.00 bits per heavy atom. The van der Waals surface area contributed by atoms with Crippen molar-refractivity contribution < 1.29 is 4.79 Å². The zero-order valence-electron chi connectivity index (χ0n) is 17.3. The highest BCUT2D eigenvalue weighted by Gasteiger charge is 2.31. The molecule has 0 spiro atoms. The molecule has 146 valence electrons. The van der Waals surface area contributed by atoms with Gasteiger partial charge in [0.25, 0.3) is 5.91 Å². The Morgan fingerprint density at radius 3 is 2.56 bits per heavy atom. The minimum absolute atomic E-state index is 0.180. The SMILES string of the molecule is CC/C=C1/C(C2CCN(C(=O)c3cc(C)n(CC)c3C)CC2)=CNC1=NC. The molecule has 1 aromatic rings. The molecule has 0 aromatic carbocycles. The molecule has 0 bridgehead atoms. The number of aryl methyl sites for hydroxylation is 1. The van der Waals surface area contributed by atoms with Crippen molar-refractivity contribution in [2.24, 2.45) is 10.9 Å². The minimum Gasteiger partial charge on any atom is -0.349 e. The molecule has 2 aliphatic heterocycles. The highest BCUT2D eigenvalue weighted by Crippen LogP contribution is 2.33. The van der Waals surface area contributed by atoms with Gasteiger partial charge < -0.3 is 14.8 Å². The number of amidine groups is 1. The quantitative estimate of drug-likeness (QED) is 0.878. The first-order chi connectivity index (χ1) is 13.0. The lowest BCUT2D eigenvalue weighted by molar-refractivity contribution is 0.0702. The van der Waals surface area contributed by atoms with Crippen molar-refractivity contribution in [3.63, 3.8) is 0 Å². The molecule has 3 rings (SSSR count). The summed E-state index contributed by atoms with van der Waals surface area (Å²) in [4.78, 5) is 19.4. The second-order valence-electron chi connectivity index (χ2n) is 7.44. The van der Waals surface area contributed by atoms with E-state index in [0.29, 0.717) is 5.92 Å². The summed E-state index contributed by atoms with van der Waals surface area (Å²) in [5.74, 6) is 1.64. The van der Waals surface area contributed by atoms with Crippen LogP contribution < -0.4 is 5.32 Å². The van der Waals surface area contributed by atoms with Crippen LogP contribution in [0.4, 0.5) is 0 Å². The number of amides is 1. The maximum absolute atomic E-state index is 13.1. The summed E-state index contributed by atoms with van der Waals surface area (Å²) in [6, 6.07) is 2.04. The maximum atomic E-state index is 13.1. The number of allylic oxidation sites excluding steroid dienone is 1. The fraction of sp³-hybridized carbons (Fsp3) is 0.545. The van der Waals surface area contributed by atoms with Gasteiger partial charge in [-0.2, -0.15) is 0 Å². The average Bonchev–Trinajstić information content (AvgIpc) is 3.21. The smallest absolute Gasteiger partial charge is 0.255 e. The van der Waals surface area contributed by atoms with E-state index in [1.807, 2.05) is 18.0 Å². The Bertz CT molecular complexity index is 805. The monoisotopic (exact) mass is 368 g/mol. The summed E-state index contributed by atoms with van der Waals surface area (Å²) >= 11 is 0. The van der Waals surface area contributed by atoms with Crippen molar-refractivity contribution in [3.8, 4) is 0 Å². The lowest BCUT2D eigenvalue weighted by Crippen LogP contribution is -2.39. The molecular formula is C22H32N4O. The number of aromatic nitrogens is 1. The Hall–Kier alpha value is -2.30. The number of likely N-dealkylation sites (tertiary alicyclic amines) is 1. The van der Waals surface area contributed by atoms with Gasteiger partial charge in [0.2, 0.25) is 0 Å². The third-order valence-corrected chi connectivity index (χ3v) is 5.90. The Labute approximate surface area is 162 Å². The number of carbonyl (C=O) groups is 1. The van der Waals surface area contributed by atoms with Crippen LogP contribution in [0.15, 0.2) is 34.5 Å². The van der Waals surface area contributed by atoms with Crippen LogP contribution in [0.2, 0.25) is 0 Å². The Balaban J connectivity index is 1.69. The molecule has 0 atom stereocenters. The van der Waals surface area contributed by atoms with E-state index in [2.05, 4.69) is 54.8 Å². The maximum Gasteiger partial charge on any atom is 0.255 e. The van der Waals surface area contributed by atoms with E-state index in [4.69, 9.17) is 0 Å². The van der Waals surface area contributed by atoms with Gasteiger partial charge in [-0.15, -0.1) is 0 Å². The summed E-state index contributed by atoms with van der Waals surface area (Å²) in [7, 11) is 1.83. The van der Waals surface area contributed by atoms with Crippen LogP contribution in [-0.2, 0) is 6.54 Å². The van der Waals surface area contributed by atoms with Crippen LogP contribution in [0, 0.1) is 19.8 Å². The number of nitrogens with zero attached hydrogens (tertiary/aromatic N) is 3. The predicted octanol–water partition coefficient (Wildman–Crippen LogP) is 3.83. The number of piperidine rings is 1. The van der Waals surface area contributed by atoms with Crippen LogP contribution in [-0.4, -0.2) is 41.3 Å². The standard InChI is InChI=1S/C22H32N4O/c1-6-8-18-20(14-24-21(18)23-5)17-9-11-25(12-10-17)22(27)19-13-15(3)26(7-2)16(19)4/h8,13-14,17H,6-7,9-12H2,1-5H3,(H,23,24)/b18-8-. The van der Waals surface area contributed by atoms with E-state index in [1.54, 1.807) is 0 Å². The van der Waals surface area contributed by atoms with Crippen molar-refractivity contribution in [3.05, 3.63) is 46.4 Å². The first kappa shape index (κ1) is 19.5. The summed E-state index contributed by atoms with van der Waals surface area (Å²) in [5.41, 5.74) is 5.71. The molecule has 1 amide bonds. The van der Waals surface area contributed by atoms with Gasteiger partial charge in [-0.1, -0.05) is 13.0 Å². The number of hydrogen-bond donors (Lipinski definition) is 1. The van der Waals surface area contributed by atoms with Crippen molar-refractivity contribution in [2.75, 3.05) is 20.1 Å². The number of hydrogen-bond acceptors (Lipinski definition) is 2. The highest BCUT2D eigenvalue weighted by atomic mass is 16.2. The van der Waals surface area contributed by atoms with Crippen LogP contribution in [0.5, 0.6) is 0 Å². The van der Waals surface area contributed by atoms with Gasteiger partial charge in [-0.3, -0.25) is 9.79 Å². The van der Waals surface area contributed by atoms with Gasteiger partial charge in [0, 0.05) is 49.8 Å². The molecular weight excluding hydrogens is 336 g/mol. The van der Waals surface area contributed by atoms with Crippen molar-refractivity contribution >= 4 is 11.7 Å². The van der Waals surface area contributed by atoms with Gasteiger partial charge in [0.05, 0.1) is 5.56 Å². The topological polar surface area (TPSA) is 49.6 Å². The fourth-order valence-corrected chi connectivity index (χ4v) is 4.45. The Morgan fingerprint density at radius 1 is 1.30 bits per heavy atom. The van der Waals surface area contributed by atoms with Crippen LogP contribution in [0.25, 0.3) is 0 Å². The molecule has 27 heavy (non-hydrogen) atoms. The first-order valence-electron chi connectivity index (χ1n) is 10.1. The van der Waals surface area contributed by atoms with Crippen LogP contribution in [0.3, 0.4) is 0 Å². The van der Waals surface area contributed by atoms with Crippen molar-refractivity contribution in [2.45, 2.75) is 53.5 Å². The zero-order valence-corrected chi connectivity index (χ0v) is 17.3. The summed E-state index contributed by atoms with van der Waals surface area (Å²) in [6.07, 6.45) is 7.37. The number of carbonyl (C=O) groups excluding carboxylic acids is 1. The second kappa shape index (κ2) is 8.15. The molecule has 1 N–H and O–H groups in total. The zero-order chi connectivity index (χ0) is 19.6. The largest absolute Gasteiger partial charge is 0.349 e. The van der Waals surface area contributed by atoms with Gasteiger partial charge in [0.1, 0.15) is 5.84 Å². The molecule has 1 aromatic heterocycles. The summed E-state index contributed by atoms with van der Waals surface area (Å²) in [6.45, 7) is 10.9. The van der Waals surface area contributed by atoms with Crippen molar-refractivity contribution in [1.82, 2.24) is 14.8 Å². The Kier molecular flexibility index (Phi) is 5.88. The lowest BCUT2D eigenvalue weighted by atomic mass is 9.85. The lowest BCUT2D eigenvalue weighted by Gasteiger charge is -2.33. The third-order valence-electron chi connectivity index (χ3n) is 5.90. The number of nitrogens with one attached hydrogen (secondary N) is 1. The highest BCUT2D eigenvalue weighted by molar-refractivity contribution is 6.05. The van der Waals surface area contributed by atoms with Crippen LogP contribution >= 0.6 is 0 Å². The molecule has 2 aliphatic rings. The van der Waals surface area contributed by atoms with Gasteiger partial charge >= 0.3 is 0 Å². The molecule has 5 nitrogen and oxygen atoms in total. The number of aliphatic imine (C=N–C) groups is 1.